The molecule has 0 aliphatic carbocycles. The van der Waals surface area contributed by atoms with E-state index in [0.29, 0.717) is 0 Å². The lowest BCUT2D eigenvalue weighted by Crippen LogP contribution is -2.46. The zero-order valence-electron chi connectivity index (χ0n) is 18.8. The number of aliphatic hydroxyl groups is 5. The average Bonchev–Trinajstić information content (AvgIpc) is 2.77. The van der Waals surface area contributed by atoms with E-state index in [1.807, 2.05) is 0 Å². The lowest BCUT2D eigenvalue weighted by atomic mass is 10.0. The van der Waals surface area contributed by atoms with Crippen LogP contribution in [0.4, 0.5) is 0 Å². The van der Waals surface area contributed by atoms with Crippen LogP contribution in [0.2, 0.25) is 0 Å². The number of aliphatic carboxylic acids is 2. The summed E-state index contributed by atoms with van der Waals surface area (Å²) in [6, 6.07) is 0. The number of allylic oxidation sites excluding steroid dienone is 1. The summed E-state index contributed by atoms with van der Waals surface area (Å²) in [7, 11) is 0. The Labute approximate surface area is 189 Å². The van der Waals surface area contributed by atoms with Gasteiger partial charge in [0.1, 0.15) is 24.4 Å². The molecule has 0 fully saturated rings. The van der Waals surface area contributed by atoms with Crippen molar-refractivity contribution in [3.63, 3.8) is 0 Å². The molecule has 0 aromatic heterocycles. The van der Waals surface area contributed by atoms with Gasteiger partial charge in [0.05, 0.1) is 18.9 Å². The van der Waals surface area contributed by atoms with Gasteiger partial charge < -0.3 is 40.5 Å². The number of carbonyl (C=O) groups is 3. The Morgan fingerprint density at radius 2 is 1.38 bits per heavy atom. The molecule has 0 saturated carbocycles. The largest absolute Gasteiger partial charge is 0.481 e. The van der Waals surface area contributed by atoms with E-state index >= 15 is 0 Å². The van der Waals surface area contributed by atoms with Crippen LogP contribution in [0.3, 0.4) is 0 Å². The van der Waals surface area contributed by atoms with Gasteiger partial charge in [0.2, 0.25) is 0 Å². The SMILES string of the molecule is CCCCCCCCCCC=CC(CC(=O)O)C(=O)O.O=CC(O)C(O)C(O)C(O)CO. The molecule has 32 heavy (non-hydrogen) atoms. The monoisotopic (exact) mass is 464 g/mol. The van der Waals surface area contributed by atoms with Crippen LogP contribution < -0.4 is 0 Å². The van der Waals surface area contributed by atoms with E-state index in [0.717, 1.165) is 19.3 Å². The molecule has 0 spiro atoms. The molecule has 0 aromatic carbocycles. The van der Waals surface area contributed by atoms with Crippen molar-refractivity contribution in [3.05, 3.63) is 12.2 Å². The molecule has 10 heteroatoms. The summed E-state index contributed by atoms with van der Waals surface area (Å²) < 4.78 is 0. The maximum absolute atomic E-state index is 10.8. The Bertz CT molecular complexity index is 523. The fraction of sp³-hybridized carbons (Fsp3) is 0.773. The van der Waals surface area contributed by atoms with Crippen LogP contribution in [0, 0.1) is 5.92 Å². The van der Waals surface area contributed by atoms with Crippen LogP contribution in [0.25, 0.3) is 0 Å². The van der Waals surface area contributed by atoms with E-state index in [-0.39, 0.29) is 12.7 Å². The van der Waals surface area contributed by atoms with E-state index in [1.54, 1.807) is 6.08 Å². The van der Waals surface area contributed by atoms with E-state index < -0.39 is 48.9 Å². The Balaban J connectivity index is 0. The van der Waals surface area contributed by atoms with Crippen LogP contribution in [0.15, 0.2) is 12.2 Å². The average molecular weight is 465 g/mol. The summed E-state index contributed by atoms with van der Waals surface area (Å²) in [4.78, 5) is 31.2. The Morgan fingerprint density at radius 3 is 1.81 bits per heavy atom. The summed E-state index contributed by atoms with van der Waals surface area (Å²) in [5.74, 6) is -3.05. The fourth-order valence-corrected chi connectivity index (χ4v) is 2.70. The lowest BCUT2D eigenvalue weighted by Gasteiger charge is -2.22. The van der Waals surface area contributed by atoms with Gasteiger partial charge in [0, 0.05) is 0 Å². The molecule has 0 aliphatic heterocycles. The van der Waals surface area contributed by atoms with E-state index in [9.17, 15) is 14.4 Å². The molecule has 0 aliphatic rings. The van der Waals surface area contributed by atoms with E-state index in [1.165, 1.54) is 44.6 Å². The number of aldehydes is 1. The summed E-state index contributed by atoms with van der Waals surface area (Å²) in [6.07, 6.45) is 6.91. The van der Waals surface area contributed by atoms with Crippen LogP contribution in [0.1, 0.15) is 71.1 Å². The van der Waals surface area contributed by atoms with Crippen LogP contribution in [0.5, 0.6) is 0 Å². The van der Waals surface area contributed by atoms with Crippen molar-refractivity contribution in [1.29, 1.82) is 0 Å². The van der Waals surface area contributed by atoms with Crippen molar-refractivity contribution in [2.75, 3.05) is 6.61 Å². The molecule has 0 heterocycles. The van der Waals surface area contributed by atoms with Crippen molar-refractivity contribution in [2.24, 2.45) is 5.92 Å². The third-order valence-electron chi connectivity index (χ3n) is 4.72. The van der Waals surface area contributed by atoms with Crippen molar-refractivity contribution in [3.8, 4) is 0 Å². The number of aliphatic hydroxyl groups excluding tert-OH is 5. The first kappa shape index (κ1) is 32.3. The second-order valence-corrected chi connectivity index (χ2v) is 7.59. The fourth-order valence-electron chi connectivity index (χ4n) is 2.70. The van der Waals surface area contributed by atoms with Gasteiger partial charge in [-0.3, -0.25) is 9.59 Å². The van der Waals surface area contributed by atoms with Crippen LogP contribution in [-0.4, -0.2) is 85.0 Å². The molecular formula is C22H40O10. The van der Waals surface area contributed by atoms with Gasteiger partial charge in [-0.2, -0.15) is 0 Å². The molecule has 0 bridgehead atoms. The third-order valence-corrected chi connectivity index (χ3v) is 4.72. The molecule has 0 rings (SSSR count). The minimum absolute atomic E-state index is 0.0258. The van der Waals surface area contributed by atoms with Gasteiger partial charge in [0.15, 0.2) is 6.29 Å². The normalized spacial score (nSPS) is 15.8. The zero-order chi connectivity index (χ0) is 24.9. The summed E-state index contributed by atoms with van der Waals surface area (Å²) in [6.45, 7) is 1.45. The highest BCUT2D eigenvalue weighted by Gasteiger charge is 2.29. The maximum atomic E-state index is 10.8. The quantitative estimate of drug-likeness (QED) is 0.0869. The third kappa shape index (κ3) is 17.8. The number of carboxylic acid groups (broad SMARTS) is 2. The molecule has 0 amide bonds. The van der Waals surface area contributed by atoms with Crippen molar-refractivity contribution >= 4 is 18.2 Å². The Kier molecular flexibility index (Phi) is 21.2. The first-order valence-corrected chi connectivity index (χ1v) is 11.0. The number of rotatable bonds is 18. The molecule has 7 N–H and O–H groups in total. The second kappa shape index (κ2) is 21.0. The lowest BCUT2D eigenvalue weighted by molar-refractivity contribution is -0.146. The highest BCUT2D eigenvalue weighted by molar-refractivity contribution is 5.79. The van der Waals surface area contributed by atoms with Crippen LogP contribution >= 0.6 is 0 Å². The number of hydrogen-bond acceptors (Lipinski definition) is 8. The summed E-state index contributed by atoms with van der Waals surface area (Å²) in [5.41, 5.74) is 0. The number of carboxylic acids is 2. The second-order valence-electron chi connectivity index (χ2n) is 7.59. The molecule has 10 nitrogen and oxygen atoms in total. The highest BCUT2D eigenvalue weighted by Crippen LogP contribution is 2.11. The predicted octanol–water partition coefficient (Wildman–Crippen LogP) is 0.870. The Morgan fingerprint density at radius 1 is 0.844 bits per heavy atom. The van der Waals surface area contributed by atoms with Crippen molar-refractivity contribution < 1.29 is 50.1 Å². The molecule has 0 saturated heterocycles. The first-order chi connectivity index (χ1) is 15.1. The highest BCUT2D eigenvalue weighted by atomic mass is 16.4. The zero-order valence-corrected chi connectivity index (χ0v) is 18.8. The topological polar surface area (TPSA) is 193 Å². The molecular weight excluding hydrogens is 424 g/mol. The van der Waals surface area contributed by atoms with Gasteiger partial charge in [-0.1, -0.05) is 64.0 Å². The number of carbonyl (C=O) groups excluding carboxylic acids is 1. The predicted molar refractivity (Wildman–Crippen MR) is 117 cm³/mol. The van der Waals surface area contributed by atoms with Crippen molar-refractivity contribution in [2.45, 2.75) is 95.5 Å². The molecule has 0 aromatic rings. The van der Waals surface area contributed by atoms with E-state index in [2.05, 4.69) is 6.92 Å². The van der Waals surface area contributed by atoms with Crippen LogP contribution in [-0.2, 0) is 14.4 Å². The maximum Gasteiger partial charge on any atom is 0.310 e. The van der Waals surface area contributed by atoms with E-state index in [4.69, 9.17) is 35.7 Å². The van der Waals surface area contributed by atoms with Crippen molar-refractivity contribution in [1.82, 2.24) is 0 Å². The molecule has 0 radical (unpaired) electrons. The Hall–Kier alpha value is -1.85. The molecule has 5 atom stereocenters. The van der Waals surface area contributed by atoms with Gasteiger partial charge in [-0.05, 0) is 12.8 Å². The summed E-state index contributed by atoms with van der Waals surface area (Å²) in [5, 5.41) is 61.0. The minimum Gasteiger partial charge on any atom is -0.481 e. The first-order valence-electron chi connectivity index (χ1n) is 11.0. The standard InChI is InChI=1S/C16H28O4.C6H12O6/c1-2-3-4-5-6-7-8-9-10-11-12-14(16(19)20)13-15(17)18;7-1-3(9)5(11)6(12)4(10)2-8/h11-12,14H,2-10,13H2,1H3,(H,17,18)(H,19,20);1,3-6,8-12H,2H2. The van der Waals surface area contributed by atoms with Gasteiger partial charge in [-0.25, -0.2) is 0 Å². The van der Waals surface area contributed by atoms with Gasteiger partial charge in [-0.15, -0.1) is 0 Å². The number of unbranched alkanes of at least 4 members (excludes halogenated alkanes) is 8. The minimum atomic E-state index is -1.79. The van der Waals surface area contributed by atoms with Gasteiger partial charge >= 0.3 is 11.9 Å². The molecule has 5 unspecified atom stereocenters. The number of hydrogen-bond donors (Lipinski definition) is 7. The summed E-state index contributed by atoms with van der Waals surface area (Å²) >= 11 is 0. The smallest absolute Gasteiger partial charge is 0.310 e. The molecule has 188 valence electrons. The van der Waals surface area contributed by atoms with Gasteiger partial charge in [0.25, 0.3) is 0 Å².